The van der Waals surface area contributed by atoms with Crippen LogP contribution >= 0.6 is 24.0 Å². The number of halogens is 1. The Hall–Kier alpha value is -0.570. The highest BCUT2D eigenvalue weighted by Crippen LogP contribution is 2.00. The number of likely N-dealkylation sites (N-methyl/N-ethyl adjacent to an activating group) is 3. The average Bonchev–Trinajstić information content (AvgIpc) is 2.53. The molecular weight excluding hydrogens is 417 g/mol. The number of guanidine groups is 1. The number of aliphatic imine (C=N–C) groups is 1. The lowest BCUT2D eigenvalue weighted by molar-refractivity contribution is -0.131. The third-order valence-electron chi connectivity index (χ3n) is 4.13. The molecule has 144 valence electrons. The third-order valence-corrected chi connectivity index (χ3v) is 4.13. The van der Waals surface area contributed by atoms with Crippen molar-refractivity contribution in [3.8, 4) is 0 Å². The SMILES string of the molecule is CCNC(=NCC(C)N(CC)CC)N(C)CC(=O)N(CC)CC.I. The molecule has 6 nitrogen and oxygen atoms in total. The van der Waals surface area contributed by atoms with Crippen LogP contribution in [0.25, 0.3) is 0 Å². The third kappa shape index (κ3) is 9.05. The molecule has 24 heavy (non-hydrogen) atoms. The summed E-state index contributed by atoms with van der Waals surface area (Å²) in [4.78, 5) is 23.1. The number of nitrogens with zero attached hydrogens (tertiary/aromatic N) is 4. The molecule has 0 fully saturated rings. The molecule has 1 amide bonds. The Balaban J connectivity index is 0. The molecule has 0 spiro atoms. The second-order valence-electron chi connectivity index (χ2n) is 5.69. The molecule has 0 aliphatic rings. The predicted octanol–water partition coefficient (Wildman–Crippen LogP) is 2.10. The number of carbonyl (C=O) groups is 1. The maximum absolute atomic E-state index is 12.3. The minimum absolute atomic E-state index is 0. The quantitative estimate of drug-likeness (QED) is 0.312. The first-order valence-electron chi connectivity index (χ1n) is 8.96. The van der Waals surface area contributed by atoms with Gasteiger partial charge in [0, 0.05) is 32.7 Å². The zero-order chi connectivity index (χ0) is 17.8. The first kappa shape index (κ1) is 25.7. The minimum Gasteiger partial charge on any atom is -0.357 e. The van der Waals surface area contributed by atoms with E-state index < -0.39 is 0 Å². The van der Waals surface area contributed by atoms with E-state index in [0.717, 1.165) is 45.2 Å². The molecule has 1 atom stereocenters. The summed E-state index contributed by atoms with van der Waals surface area (Å²) in [5.41, 5.74) is 0. The number of nitrogens with one attached hydrogen (secondary N) is 1. The predicted molar refractivity (Wildman–Crippen MR) is 114 cm³/mol. The van der Waals surface area contributed by atoms with Gasteiger partial charge < -0.3 is 15.1 Å². The van der Waals surface area contributed by atoms with Gasteiger partial charge in [-0.25, -0.2) is 0 Å². The summed E-state index contributed by atoms with van der Waals surface area (Å²) >= 11 is 0. The molecule has 0 bridgehead atoms. The van der Waals surface area contributed by atoms with Gasteiger partial charge in [0.25, 0.3) is 0 Å². The van der Waals surface area contributed by atoms with E-state index in [-0.39, 0.29) is 29.9 Å². The Morgan fingerprint density at radius 1 is 1.04 bits per heavy atom. The molecule has 0 aromatic carbocycles. The Morgan fingerprint density at radius 3 is 2.00 bits per heavy atom. The van der Waals surface area contributed by atoms with Crippen LogP contribution in [0.5, 0.6) is 0 Å². The van der Waals surface area contributed by atoms with Crippen LogP contribution in [0.3, 0.4) is 0 Å². The summed E-state index contributed by atoms with van der Waals surface area (Å²) in [5.74, 6) is 0.937. The van der Waals surface area contributed by atoms with Crippen LogP contribution in [0.1, 0.15) is 41.5 Å². The first-order valence-corrected chi connectivity index (χ1v) is 8.96. The van der Waals surface area contributed by atoms with Crippen LogP contribution < -0.4 is 5.32 Å². The van der Waals surface area contributed by atoms with E-state index in [0.29, 0.717) is 12.6 Å². The summed E-state index contributed by atoms with van der Waals surface area (Å²) in [6.07, 6.45) is 0. The van der Waals surface area contributed by atoms with Crippen molar-refractivity contribution in [1.29, 1.82) is 0 Å². The zero-order valence-corrected chi connectivity index (χ0v) is 19.0. The van der Waals surface area contributed by atoms with Crippen LogP contribution in [0.4, 0.5) is 0 Å². The Bertz CT molecular complexity index is 357. The second kappa shape index (κ2) is 14.7. The van der Waals surface area contributed by atoms with E-state index in [4.69, 9.17) is 4.99 Å². The van der Waals surface area contributed by atoms with Crippen molar-refractivity contribution >= 4 is 35.8 Å². The summed E-state index contributed by atoms with van der Waals surface area (Å²) in [6, 6.07) is 0.394. The molecule has 0 saturated heterocycles. The van der Waals surface area contributed by atoms with Gasteiger partial charge in [0.05, 0.1) is 13.1 Å². The lowest BCUT2D eigenvalue weighted by Gasteiger charge is -2.28. The van der Waals surface area contributed by atoms with E-state index in [1.54, 1.807) is 0 Å². The molecule has 0 heterocycles. The molecule has 1 unspecified atom stereocenters. The van der Waals surface area contributed by atoms with Gasteiger partial charge in [0.1, 0.15) is 0 Å². The summed E-state index contributed by atoms with van der Waals surface area (Å²) in [6.45, 7) is 18.0. The van der Waals surface area contributed by atoms with Gasteiger partial charge in [0.15, 0.2) is 5.96 Å². The molecule has 0 radical (unpaired) electrons. The molecule has 0 aliphatic heterocycles. The Kier molecular flexibility index (Phi) is 15.8. The molecule has 0 aliphatic carbocycles. The number of hydrogen-bond donors (Lipinski definition) is 1. The van der Waals surface area contributed by atoms with Crippen LogP contribution in [0.15, 0.2) is 4.99 Å². The lowest BCUT2D eigenvalue weighted by Crippen LogP contribution is -2.46. The zero-order valence-electron chi connectivity index (χ0n) is 16.6. The number of hydrogen-bond acceptors (Lipinski definition) is 3. The van der Waals surface area contributed by atoms with Crippen LogP contribution in [-0.2, 0) is 4.79 Å². The largest absolute Gasteiger partial charge is 0.357 e. The van der Waals surface area contributed by atoms with Crippen LogP contribution in [0, 0.1) is 0 Å². The van der Waals surface area contributed by atoms with Crippen molar-refractivity contribution in [1.82, 2.24) is 20.0 Å². The van der Waals surface area contributed by atoms with Gasteiger partial charge in [0.2, 0.25) is 5.91 Å². The van der Waals surface area contributed by atoms with Gasteiger partial charge in [-0.05, 0) is 40.8 Å². The Labute approximate surface area is 166 Å². The molecule has 0 rings (SSSR count). The van der Waals surface area contributed by atoms with Gasteiger partial charge in [-0.1, -0.05) is 13.8 Å². The van der Waals surface area contributed by atoms with Crippen LogP contribution in [0.2, 0.25) is 0 Å². The molecule has 1 N–H and O–H groups in total. The van der Waals surface area contributed by atoms with Crippen molar-refractivity contribution in [3.05, 3.63) is 0 Å². The van der Waals surface area contributed by atoms with Gasteiger partial charge in [-0.3, -0.25) is 14.7 Å². The summed E-state index contributed by atoms with van der Waals surface area (Å²) < 4.78 is 0. The normalized spacial score (nSPS) is 12.6. The van der Waals surface area contributed by atoms with E-state index in [1.807, 2.05) is 37.6 Å². The summed E-state index contributed by atoms with van der Waals surface area (Å²) in [5, 5.41) is 3.28. The maximum Gasteiger partial charge on any atom is 0.242 e. The fraction of sp³-hybridized carbons (Fsp3) is 0.882. The number of amides is 1. The molecule has 7 heteroatoms. The number of carbonyl (C=O) groups excluding carboxylic acids is 1. The lowest BCUT2D eigenvalue weighted by atomic mass is 10.3. The molecule has 0 aromatic heterocycles. The summed E-state index contributed by atoms with van der Waals surface area (Å²) in [7, 11) is 1.92. The standard InChI is InChI=1S/C17H37N5O.HI/c1-8-18-17(19-13-15(6)21(9-2)10-3)20(7)14-16(23)22(11-4)12-5;/h15H,8-14H2,1-7H3,(H,18,19);1H. The van der Waals surface area contributed by atoms with Gasteiger partial charge in [-0.15, -0.1) is 24.0 Å². The molecular formula is C17H38IN5O. The minimum atomic E-state index is 0. The van der Waals surface area contributed by atoms with Crippen molar-refractivity contribution in [2.75, 3.05) is 52.9 Å². The van der Waals surface area contributed by atoms with E-state index in [1.165, 1.54) is 0 Å². The average molecular weight is 455 g/mol. The molecule has 0 aromatic rings. The maximum atomic E-state index is 12.3. The molecule has 0 saturated carbocycles. The van der Waals surface area contributed by atoms with Crippen molar-refractivity contribution in [2.45, 2.75) is 47.6 Å². The van der Waals surface area contributed by atoms with E-state index >= 15 is 0 Å². The highest BCUT2D eigenvalue weighted by molar-refractivity contribution is 14.0. The van der Waals surface area contributed by atoms with E-state index in [2.05, 4.69) is 31.0 Å². The van der Waals surface area contributed by atoms with Crippen molar-refractivity contribution < 1.29 is 4.79 Å². The van der Waals surface area contributed by atoms with Crippen molar-refractivity contribution in [3.63, 3.8) is 0 Å². The van der Waals surface area contributed by atoms with Gasteiger partial charge in [-0.2, -0.15) is 0 Å². The fourth-order valence-corrected chi connectivity index (χ4v) is 2.60. The monoisotopic (exact) mass is 455 g/mol. The Morgan fingerprint density at radius 2 is 1.58 bits per heavy atom. The number of rotatable bonds is 10. The van der Waals surface area contributed by atoms with Crippen molar-refractivity contribution in [2.24, 2.45) is 4.99 Å². The highest BCUT2D eigenvalue weighted by atomic mass is 127. The van der Waals surface area contributed by atoms with Crippen LogP contribution in [-0.4, -0.2) is 85.5 Å². The van der Waals surface area contributed by atoms with Gasteiger partial charge >= 0.3 is 0 Å². The smallest absolute Gasteiger partial charge is 0.242 e. The fourth-order valence-electron chi connectivity index (χ4n) is 2.60. The topological polar surface area (TPSA) is 51.2 Å². The van der Waals surface area contributed by atoms with E-state index in [9.17, 15) is 4.79 Å². The second-order valence-corrected chi connectivity index (χ2v) is 5.69. The highest BCUT2D eigenvalue weighted by Gasteiger charge is 2.16. The first-order chi connectivity index (χ1) is 10.9.